The van der Waals surface area contributed by atoms with Crippen LogP contribution in [0.3, 0.4) is 0 Å². The van der Waals surface area contributed by atoms with Gasteiger partial charge in [-0.05, 0) is 18.4 Å². The summed E-state index contributed by atoms with van der Waals surface area (Å²) in [6, 6.07) is 4.12. The van der Waals surface area contributed by atoms with Gasteiger partial charge in [-0.2, -0.15) is 11.8 Å². The lowest BCUT2D eigenvalue weighted by molar-refractivity contribution is 0.113. The molecule has 2 N–H and O–H groups in total. The molecule has 0 unspecified atom stereocenters. The molecule has 0 saturated carbocycles. The maximum atomic E-state index is 9.14. The molecule has 0 fully saturated rings. The molecule has 1 heterocycles. The van der Waals surface area contributed by atoms with E-state index in [2.05, 4.69) is 18.4 Å². The Morgan fingerprint density at radius 3 is 2.92 bits per heavy atom. The Labute approximate surface area is 86.6 Å². The van der Waals surface area contributed by atoms with Gasteiger partial charge in [0.2, 0.25) is 0 Å². The van der Waals surface area contributed by atoms with Gasteiger partial charge in [0, 0.05) is 15.9 Å². The fourth-order valence-corrected chi connectivity index (χ4v) is 2.81. The minimum Gasteiger partial charge on any atom is -0.394 e. The molecular formula is C9H14O2S2. The number of hydrogen-bond donors (Lipinski definition) is 2. The summed E-state index contributed by atoms with van der Waals surface area (Å²) in [6.45, 7) is 1.96. The predicted molar refractivity (Wildman–Crippen MR) is 58.3 cm³/mol. The lowest BCUT2D eigenvalue weighted by Crippen LogP contribution is -2.15. The van der Waals surface area contributed by atoms with Gasteiger partial charge in [0.25, 0.3) is 0 Å². The highest BCUT2D eigenvalue weighted by atomic mass is 32.2. The number of aliphatic hydroxyl groups is 2. The second-order valence-electron chi connectivity index (χ2n) is 2.83. The number of thiophene rings is 1. The van der Waals surface area contributed by atoms with Crippen LogP contribution in [0.2, 0.25) is 0 Å². The molecule has 0 aliphatic rings. The van der Waals surface area contributed by atoms with Crippen LogP contribution in [0.1, 0.15) is 17.1 Å². The zero-order chi connectivity index (χ0) is 9.68. The summed E-state index contributed by atoms with van der Waals surface area (Å²) in [6.07, 6.45) is -0.590. The molecule has 1 rings (SSSR count). The van der Waals surface area contributed by atoms with Crippen LogP contribution in [-0.4, -0.2) is 28.7 Å². The van der Waals surface area contributed by atoms with Gasteiger partial charge in [0.05, 0.1) is 12.7 Å². The van der Waals surface area contributed by atoms with Crippen molar-refractivity contribution in [2.75, 3.05) is 12.4 Å². The third kappa shape index (κ3) is 3.68. The fraction of sp³-hybridized carbons (Fsp3) is 0.556. The Hall–Kier alpha value is -0.0300. The van der Waals surface area contributed by atoms with Crippen molar-refractivity contribution in [3.63, 3.8) is 0 Å². The van der Waals surface area contributed by atoms with Crippen LogP contribution in [0.25, 0.3) is 0 Å². The van der Waals surface area contributed by atoms with Gasteiger partial charge in [0.1, 0.15) is 0 Å². The highest BCUT2D eigenvalue weighted by Gasteiger charge is 2.09. The first kappa shape index (κ1) is 11.0. The zero-order valence-corrected chi connectivity index (χ0v) is 9.14. The fourth-order valence-electron chi connectivity index (χ4n) is 0.913. The second-order valence-corrected chi connectivity index (χ2v) is 5.18. The topological polar surface area (TPSA) is 40.5 Å². The minimum atomic E-state index is -0.590. The van der Waals surface area contributed by atoms with E-state index < -0.39 is 6.10 Å². The first-order valence-electron chi connectivity index (χ1n) is 4.18. The lowest BCUT2D eigenvalue weighted by Gasteiger charge is -2.11. The molecule has 2 atom stereocenters. The van der Waals surface area contributed by atoms with Crippen LogP contribution in [0, 0.1) is 0 Å². The molecule has 0 spiro atoms. The molecule has 1 aromatic rings. The first-order chi connectivity index (χ1) is 6.24. The average Bonchev–Trinajstić information content (AvgIpc) is 2.66. The quantitative estimate of drug-likeness (QED) is 0.793. The Morgan fingerprint density at radius 1 is 1.62 bits per heavy atom. The smallest absolute Gasteiger partial charge is 0.0861 e. The van der Waals surface area contributed by atoms with Crippen LogP contribution >= 0.6 is 23.1 Å². The number of hydrogen-bond acceptors (Lipinski definition) is 4. The Balaban J connectivity index is 2.30. The van der Waals surface area contributed by atoms with Gasteiger partial charge >= 0.3 is 0 Å². The standard InChI is InChI=1S/C9H14O2S2/c1-7(9-3-2-4-12-9)13-6-8(11)5-10/h2-4,7-8,10-11H,5-6H2,1H3/t7-,8-/m1/s1. The Kier molecular flexibility index (Phi) is 4.80. The van der Waals surface area contributed by atoms with Gasteiger partial charge in [0.15, 0.2) is 0 Å². The molecule has 0 saturated heterocycles. The number of aliphatic hydroxyl groups excluding tert-OH is 2. The summed E-state index contributed by atoms with van der Waals surface area (Å²) in [7, 11) is 0. The number of thioether (sulfide) groups is 1. The Morgan fingerprint density at radius 2 is 2.38 bits per heavy atom. The molecule has 13 heavy (non-hydrogen) atoms. The van der Waals surface area contributed by atoms with Crippen molar-refractivity contribution >= 4 is 23.1 Å². The van der Waals surface area contributed by atoms with E-state index in [4.69, 9.17) is 10.2 Å². The van der Waals surface area contributed by atoms with E-state index in [1.54, 1.807) is 23.1 Å². The first-order valence-corrected chi connectivity index (χ1v) is 6.10. The van der Waals surface area contributed by atoms with Crippen LogP contribution in [0.5, 0.6) is 0 Å². The normalized spacial score (nSPS) is 15.6. The summed E-state index contributed by atoms with van der Waals surface area (Å²) in [5, 5.41) is 20.2. The lowest BCUT2D eigenvalue weighted by atomic mass is 10.4. The summed E-state index contributed by atoms with van der Waals surface area (Å²) < 4.78 is 0. The second kappa shape index (κ2) is 5.65. The molecule has 0 aliphatic carbocycles. The molecule has 0 bridgehead atoms. The SMILES string of the molecule is C[C@@H](SC[C@H](O)CO)c1cccs1. The van der Waals surface area contributed by atoms with E-state index in [9.17, 15) is 0 Å². The minimum absolute atomic E-state index is 0.149. The highest BCUT2D eigenvalue weighted by molar-refractivity contribution is 7.99. The van der Waals surface area contributed by atoms with Crippen LogP contribution in [0.15, 0.2) is 17.5 Å². The van der Waals surface area contributed by atoms with Crippen molar-refractivity contribution in [3.8, 4) is 0 Å². The maximum Gasteiger partial charge on any atom is 0.0861 e. The van der Waals surface area contributed by atoms with E-state index in [0.29, 0.717) is 11.0 Å². The summed E-state index contributed by atoms with van der Waals surface area (Å²) >= 11 is 3.39. The molecule has 2 nitrogen and oxygen atoms in total. The van der Waals surface area contributed by atoms with Crippen molar-refractivity contribution in [2.45, 2.75) is 18.3 Å². The van der Waals surface area contributed by atoms with Gasteiger partial charge < -0.3 is 10.2 Å². The average molecular weight is 218 g/mol. The van der Waals surface area contributed by atoms with Crippen molar-refractivity contribution < 1.29 is 10.2 Å². The maximum absolute atomic E-state index is 9.14. The predicted octanol–water partition coefficient (Wildman–Crippen LogP) is 1.90. The largest absolute Gasteiger partial charge is 0.394 e. The molecule has 0 radical (unpaired) electrons. The molecule has 0 aromatic carbocycles. The van der Waals surface area contributed by atoms with E-state index in [0.717, 1.165) is 0 Å². The van der Waals surface area contributed by atoms with Gasteiger partial charge in [-0.15, -0.1) is 11.3 Å². The summed E-state index contributed by atoms with van der Waals surface area (Å²) in [4.78, 5) is 1.31. The molecular weight excluding hydrogens is 204 g/mol. The molecule has 4 heteroatoms. The van der Waals surface area contributed by atoms with Crippen LogP contribution < -0.4 is 0 Å². The monoisotopic (exact) mass is 218 g/mol. The molecule has 0 aliphatic heterocycles. The van der Waals surface area contributed by atoms with E-state index in [1.807, 2.05) is 6.07 Å². The van der Waals surface area contributed by atoms with Crippen molar-refractivity contribution in [1.82, 2.24) is 0 Å². The Bertz CT molecular complexity index is 224. The molecule has 74 valence electrons. The zero-order valence-electron chi connectivity index (χ0n) is 7.51. The number of rotatable bonds is 5. The third-order valence-corrected chi connectivity index (χ3v) is 4.23. The van der Waals surface area contributed by atoms with Gasteiger partial charge in [-0.3, -0.25) is 0 Å². The van der Waals surface area contributed by atoms with Crippen molar-refractivity contribution in [2.24, 2.45) is 0 Å². The van der Waals surface area contributed by atoms with E-state index in [-0.39, 0.29) is 6.61 Å². The van der Waals surface area contributed by atoms with Gasteiger partial charge in [-0.25, -0.2) is 0 Å². The summed E-state index contributed by atoms with van der Waals surface area (Å²) in [5.74, 6) is 0.593. The summed E-state index contributed by atoms with van der Waals surface area (Å²) in [5.41, 5.74) is 0. The van der Waals surface area contributed by atoms with Gasteiger partial charge in [-0.1, -0.05) is 6.07 Å². The molecule has 1 aromatic heterocycles. The van der Waals surface area contributed by atoms with Crippen molar-refractivity contribution in [1.29, 1.82) is 0 Å². The van der Waals surface area contributed by atoms with Crippen LogP contribution in [0.4, 0.5) is 0 Å². The third-order valence-electron chi connectivity index (χ3n) is 1.69. The molecule has 0 amide bonds. The van der Waals surface area contributed by atoms with E-state index in [1.165, 1.54) is 4.88 Å². The highest BCUT2D eigenvalue weighted by Crippen LogP contribution is 2.31. The van der Waals surface area contributed by atoms with Crippen molar-refractivity contribution in [3.05, 3.63) is 22.4 Å². The van der Waals surface area contributed by atoms with Crippen LogP contribution in [-0.2, 0) is 0 Å². The van der Waals surface area contributed by atoms with E-state index >= 15 is 0 Å².